The van der Waals surface area contributed by atoms with Gasteiger partial charge in [-0.1, -0.05) is 77.1 Å². The van der Waals surface area contributed by atoms with Crippen LogP contribution in [0.4, 0.5) is 0 Å². The monoisotopic (exact) mass is 378 g/mol. The zero-order valence-corrected chi connectivity index (χ0v) is 14.5. The van der Waals surface area contributed by atoms with E-state index in [1.54, 1.807) is 0 Å². The van der Waals surface area contributed by atoms with Gasteiger partial charge in [-0.15, -0.1) is 0 Å². The topological polar surface area (TPSA) is 26.3 Å². The smallest absolute Gasteiger partial charge is 0.334 e. The summed E-state index contributed by atoms with van der Waals surface area (Å²) in [6.45, 7) is 4.01. The summed E-state index contributed by atoms with van der Waals surface area (Å²) in [7, 11) is 0. The number of halogens is 1. The first kappa shape index (κ1) is 15.2. The highest BCUT2D eigenvalue weighted by molar-refractivity contribution is 9.10. The van der Waals surface area contributed by atoms with Crippen molar-refractivity contribution in [1.29, 1.82) is 0 Å². The molecule has 2 atom stereocenters. The highest BCUT2D eigenvalue weighted by Gasteiger charge is 2.41. The van der Waals surface area contributed by atoms with E-state index in [2.05, 4.69) is 46.8 Å². The van der Waals surface area contributed by atoms with Crippen LogP contribution in [0.25, 0.3) is 10.8 Å². The third kappa shape index (κ3) is 2.45. The highest BCUT2D eigenvalue weighted by atomic mass is 79.9. The van der Waals surface area contributed by atoms with Crippen molar-refractivity contribution in [3.05, 3.63) is 94.5 Å². The van der Waals surface area contributed by atoms with E-state index in [0.29, 0.717) is 5.57 Å². The van der Waals surface area contributed by atoms with E-state index in [0.717, 1.165) is 26.4 Å². The van der Waals surface area contributed by atoms with Crippen molar-refractivity contribution in [1.82, 2.24) is 0 Å². The van der Waals surface area contributed by atoms with Crippen molar-refractivity contribution in [2.24, 2.45) is 0 Å². The Balaban J connectivity index is 1.88. The molecule has 1 aliphatic rings. The molecule has 0 aliphatic carbocycles. The molecule has 1 saturated heterocycles. The molecular weight excluding hydrogens is 364 g/mol. The molecule has 3 aromatic rings. The lowest BCUT2D eigenvalue weighted by Crippen LogP contribution is -2.07. The number of hydrogen-bond acceptors (Lipinski definition) is 2. The molecule has 24 heavy (non-hydrogen) atoms. The maximum Gasteiger partial charge on any atom is 0.334 e. The number of ether oxygens (including phenoxy) is 1. The molecule has 1 aliphatic heterocycles. The summed E-state index contributed by atoms with van der Waals surface area (Å²) < 4.78 is 6.66. The number of carbonyl (C=O) groups is 1. The number of rotatable bonds is 2. The first-order valence-electron chi connectivity index (χ1n) is 7.78. The van der Waals surface area contributed by atoms with Crippen LogP contribution in [0, 0.1) is 0 Å². The van der Waals surface area contributed by atoms with E-state index in [4.69, 9.17) is 4.74 Å². The molecule has 3 heteroatoms. The van der Waals surface area contributed by atoms with Gasteiger partial charge in [0, 0.05) is 10.0 Å². The second-order valence-corrected chi connectivity index (χ2v) is 6.86. The molecule has 0 N–H and O–H groups in total. The Hall–Kier alpha value is -2.39. The average Bonchev–Trinajstić information content (AvgIpc) is 2.90. The van der Waals surface area contributed by atoms with E-state index in [-0.39, 0.29) is 18.0 Å². The van der Waals surface area contributed by atoms with Gasteiger partial charge in [0.25, 0.3) is 0 Å². The van der Waals surface area contributed by atoms with Crippen LogP contribution in [0.3, 0.4) is 0 Å². The average molecular weight is 379 g/mol. The van der Waals surface area contributed by atoms with Gasteiger partial charge in [-0.2, -0.15) is 0 Å². The van der Waals surface area contributed by atoms with Crippen molar-refractivity contribution >= 4 is 32.7 Å². The van der Waals surface area contributed by atoms with E-state index in [9.17, 15) is 4.79 Å². The van der Waals surface area contributed by atoms with Gasteiger partial charge < -0.3 is 4.74 Å². The van der Waals surface area contributed by atoms with Crippen molar-refractivity contribution in [2.75, 3.05) is 0 Å². The molecule has 3 aromatic carbocycles. The van der Waals surface area contributed by atoms with Gasteiger partial charge in [0.1, 0.15) is 6.10 Å². The van der Waals surface area contributed by atoms with Crippen LogP contribution in [-0.2, 0) is 9.53 Å². The number of hydrogen-bond donors (Lipinski definition) is 0. The predicted molar refractivity (Wildman–Crippen MR) is 98.8 cm³/mol. The first-order valence-corrected chi connectivity index (χ1v) is 8.57. The third-order valence-electron chi connectivity index (χ3n) is 4.53. The zero-order chi connectivity index (χ0) is 16.7. The molecule has 0 saturated carbocycles. The van der Waals surface area contributed by atoms with Crippen molar-refractivity contribution < 1.29 is 9.53 Å². The van der Waals surface area contributed by atoms with Crippen LogP contribution < -0.4 is 0 Å². The number of cyclic esters (lactones) is 1. The summed E-state index contributed by atoms with van der Waals surface area (Å²) in [4.78, 5) is 12.2. The van der Waals surface area contributed by atoms with Crippen LogP contribution in [-0.4, -0.2) is 5.97 Å². The molecule has 1 fully saturated rings. The summed E-state index contributed by atoms with van der Waals surface area (Å²) in [6, 6.07) is 22.2. The number of esters is 1. The normalized spacial score (nSPS) is 20.4. The summed E-state index contributed by atoms with van der Waals surface area (Å²) >= 11 is 3.45. The third-order valence-corrected chi connectivity index (χ3v) is 5.06. The fourth-order valence-corrected chi connectivity index (χ4v) is 3.62. The molecular formula is C21H15BrO2. The maximum atomic E-state index is 12.2. The van der Waals surface area contributed by atoms with Crippen LogP contribution in [0.15, 0.2) is 83.4 Å². The number of fused-ring (bicyclic) bond motifs is 1. The lowest BCUT2D eigenvalue weighted by molar-refractivity contribution is -0.139. The van der Waals surface area contributed by atoms with Crippen molar-refractivity contribution in [2.45, 2.75) is 12.0 Å². The molecule has 0 bridgehead atoms. The fourth-order valence-electron chi connectivity index (χ4n) is 3.35. The highest BCUT2D eigenvalue weighted by Crippen LogP contribution is 2.46. The molecule has 0 amide bonds. The van der Waals surface area contributed by atoms with Crippen LogP contribution in [0.5, 0.6) is 0 Å². The van der Waals surface area contributed by atoms with Crippen LogP contribution >= 0.6 is 15.9 Å². The predicted octanol–water partition coefficient (Wildman–Crippen LogP) is 5.54. The van der Waals surface area contributed by atoms with E-state index >= 15 is 0 Å². The summed E-state index contributed by atoms with van der Waals surface area (Å²) in [5.74, 6) is -0.495. The molecule has 1 heterocycles. The van der Waals surface area contributed by atoms with E-state index in [1.165, 1.54) is 0 Å². The second kappa shape index (κ2) is 5.91. The van der Waals surface area contributed by atoms with Gasteiger partial charge in [0.2, 0.25) is 0 Å². The molecule has 2 nitrogen and oxygen atoms in total. The second-order valence-electron chi connectivity index (χ2n) is 5.95. The molecule has 0 spiro atoms. The molecule has 0 radical (unpaired) electrons. The summed E-state index contributed by atoms with van der Waals surface area (Å²) in [6.07, 6.45) is -0.344. The molecule has 4 rings (SSSR count). The Labute approximate surface area is 148 Å². The van der Waals surface area contributed by atoms with E-state index < -0.39 is 0 Å². The van der Waals surface area contributed by atoms with Gasteiger partial charge in [0.15, 0.2) is 0 Å². The molecule has 0 aromatic heterocycles. The zero-order valence-electron chi connectivity index (χ0n) is 12.9. The number of carbonyl (C=O) groups excluding carboxylic acids is 1. The van der Waals surface area contributed by atoms with E-state index in [1.807, 2.05) is 42.5 Å². The SMILES string of the molecule is C=C1C(=O)OC(c2ccc(Br)cc2)C1c1cccc2ccccc12. The Morgan fingerprint density at radius 2 is 1.62 bits per heavy atom. The maximum absolute atomic E-state index is 12.2. The minimum atomic E-state index is -0.344. The Morgan fingerprint density at radius 1 is 0.917 bits per heavy atom. The fraction of sp³-hybridized carbons (Fsp3) is 0.0952. The minimum absolute atomic E-state index is 0.176. The molecule has 118 valence electrons. The lowest BCUT2D eigenvalue weighted by Gasteiger charge is -2.20. The van der Waals surface area contributed by atoms with Gasteiger partial charge in [-0.05, 0) is 34.0 Å². The van der Waals surface area contributed by atoms with Gasteiger partial charge in [-0.3, -0.25) is 0 Å². The van der Waals surface area contributed by atoms with Crippen LogP contribution in [0.1, 0.15) is 23.1 Å². The molecule has 2 unspecified atom stereocenters. The summed E-state index contributed by atoms with van der Waals surface area (Å²) in [5.41, 5.74) is 2.57. The van der Waals surface area contributed by atoms with Gasteiger partial charge in [-0.25, -0.2) is 4.79 Å². The van der Waals surface area contributed by atoms with Gasteiger partial charge in [0.05, 0.1) is 5.92 Å². The minimum Gasteiger partial charge on any atom is -0.453 e. The summed E-state index contributed by atoms with van der Waals surface area (Å²) in [5, 5.41) is 2.28. The van der Waals surface area contributed by atoms with Crippen molar-refractivity contribution in [3.63, 3.8) is 0 Å². The van der Waals surface area contributed by atoms with Crippen molar-refractivity contribution in [3.8, 4) is 0 Å². The largest absolute Gasteiger partial charge is 0.453 e. The lowest BCUT2D eigenvalue weighted by atomic mass is 9.83. The standard InChI is InChI=1S/C21H15BrO2/c1-13-19(18-8-4-6-14-5-2-3-7-17(14)18)20(24-21(13)23)15-9-11-16(22)12-10-15/h2-12,19-20H,1H2. The first-order chi connectivity index (χ1) is 11.6. The quantitative estimate of drug-likeness (QED) is 0.432. The van der Waals surface area contributed by atoms with Gasteiger partial charge >= 0.3 is 5.97 Å². The number of benzene rings is 3. The van der Waals surface area contributed by atoms with Crippen LogP contribution in [0.2, 0.25) is 0 Å². The Bertz CT molecular complexity index is 938. The Morgan fingerprint density at radius 3 is 2.42 bits per heavy atom. The Kier molecular flexibility index (Phi) is 3.73.